The summed E-state index contributed by atoms with van der Waals surface area (Å²) in [5.74, 6) is -1.06. The standard InChI is InChI=1S/C17H19NO3S/c19-15(18-16(17(20)21)11-5-1-2-6-11)9-12-10-22-14-8-4-3-7-13(12)14/h3-4,7-8,10-11,16H,1-2,5-6,9H2,(H,18,19)(H,20,21). The van der Waals surface area contributed by atoms with Gasteiger partial charge in [0.05, 0.1) is 6.42 Å². The quantitative estimate of drug-likeness (QED) is 0.890. The first-order chi connectivity index (χ1) is 10.6. The minimum atomic E-state index is -0.921. The van der Waals surface area contributed by atoms with E-state index in [9.17, 15) is 14.7 Å². The molecular weight excluding hydrogens is 298 g/mol. The van der Waals surface area contributed by atoms with E-state index in [0.29, 0.717) is 0 Å². The first-order valence-corrected chi connectivity index (χ1v) is 8.50. The van der Waals surface area contributed by atoms with Gasteiger partial charge in [-0.25, -0.2) is 4.79 Å². The molecule has 2 aromatic rings. The second kappa shape index (κ2) is 6.48. The summed E-state index contributed by atoms with van der Waals surface area (Å²) in [5, 5.41) is 15.2. The lowest BCUT2D eigenvalue weighted by Gasteiger charge is -2.20. The van der Waals surface area contributed by atoms with Crippen molar-refractivity contribution in [3.05, 3.63) is 35.2 Å². The Morgan fingerprint density at radius 1 is 1.27 bits per heavy atom. The van der Waals surface area contributed by atoms with Crippen LogP contribution in [0.1, 0.15) is 31.2 Å². The molecule has 1 aromatic carbocycles. The van der Waals surface area contributed by atoms with Crippen molar-refractivity contribution in [1.82, 2.24) is 5.32 Å². The van der Waals surface area contributed by atoms with Crippen molar-refractivity contribution in [3.63, 3.8) is 0 Å². The number of nitrogens with one attached hydrogen (secondary N) is 1. The molecule has 1 fully saturated rings. The topological polar surface area (TPSA) is 66.4 Å². The third-order valence-corrected chi connectivity index (χ3v) is 5.38. The van der Waals surface area contributed by atoms with Crippen molar-refractivity contribution >= 4 is 33.3 Å². The number of benzene rings is 1. The third kappa shape index (κ3) is 3.14. The largest absolute Gasteiger partial charge is 0.480 e. The van der Waals surface area contributed by atoms with Gasteiger partial charge in [-0.1, -0.05) is 31.0 Å². The van der Waals surface area contributed by atoms with Gasteiger partial charge in [0, 0.05) is 4.70 Å². The Bertz CT molecular complexity index is 688. The van der Waals surface area contributed by atoms with E-state index in [2.05, 4.69) is 5.32 Å². The molecule has 116 valence electrons. The van der Waals surface area contributed by atoms with Crippen LogP contribution in [0, 0.1) is 5.92 Å². The number of carbonyl (C=O) groups excluding carboxylic acids is 1. The Kier molecular flexibility index (Phi) is 4.43. The zero-order valence-electron chi connectivity index (χ0n) is 12.2. The predicted octanol–water partition coefficient (Wildman–Crippen LogP) is 3.20. The monoisotopic (exact) mass is 317 g/mol. The molecule has 1 amide bonds. The van der Waals surface area contributed by atoms with Crippen molar-refractivity contribution < 1.29 is 14.7 Å². The summed E-state index contributed by atoms with van der Waals surface area (Å²) < 4.78 is 1.15. The van der Waals surface area contributed by atoms with Crippen molar-refractivity contribution in [2.75, 3.05) is 0 Å². The van der Waals surface area contributed by atoms with Gasteiger partial charge in [-0.2, -0.15) is 0 Å². The van der Waals surface area contributed by atoms with Crippen molar-refractivity contribution in [2.45, 2.75) is 38.1 Å². The summed E-state index contributed by atoms with van der Waals surface area (Å²) in [6, 6.07) is 7.21. The lowest BCUT2D eigenvalue weighted by Crippen LogP contribution is -2.45. The number of carbonyl (C=O) groups is 2. The van der Waals surface area contributed by atoms with Crippen LogP contribution in [0.15, 0.2) is 29.6 Å². The number of thiophene rings is 1. The van der Waals surface area contributed by atoms with Crippen LogP contribution in [-0.4, -0.2) is 23.0 Å². The Hall–Kier alpha value is -1.88. The Morgan fingerprint density at radius 3 is 2.73 bits per heavy atom. The molecule has 1 aliphatic carbocycles. The van der Waals surface area contributed by atoms with Gasteiger partial charge in [-0.15, -0.1) is 11.3 Å². The first kappa shape index (κ1) is 15.0. The number of carboxylic acids is 1. The van der Waals surface area contributed by atoms with Gasteiger partial charge < -0.3 is 10.4 Å². The minimum Gasteiger partial charge on any atom is -0.480 e. The molecule has 0 saturated heterocycles. The molecule has 2 N–H and O–H groups in total. The van der Waals surface area contributed by atoms with E-state index >= 15 is 0 Å². The molecule has 1 aromatic heterocycles. The fraction of sp³-hybridized carbons (Fsp3) is 0.412. The maximum atomic E-state index is 12.3. The molecular formula is C17H19NO3S. The molecule has 0 radical (unpaired) electrons. The van der Waals surface area contributed by atoms with E-state index < -0.39 is 12.0 Å². The average molecular weight is 317 g/mol. The molecule has 0 bridgehead atoms. The summed E-state index contributed by atoms with van der Waals surface area (Å²) in [5.41, 5.74) is 0.966. The van der Waals surface area contributed by atoms with Gasteiger partial charge in [-0.3, -0.25) is 4.79 Å². The molecule has 22 heavy (non-hydrogen) atoms. The van der Waals surface area contributed by atoms with E-state index in [0.717, 1.165) is 41.3 Å². The van der Waals surface area contributed by atoms with E-state index in [1.165, 1.54) is 0 Å². The lowest BCUT2D eigenvalue weighted by molar-refractivity contribution is -0.143. The Labute approximate surface area is 133 Å². The molecule has 1 atom stereocenters. The van der Waals surface area contributed by atoms with Crippen molar-refractivity contribution in [1.29, 1.82) is 0 Å². The van der Waals surface area contributed by atoms with Crippen LogP contribution < -0.4 is 5.32 Å². The van der Waals surface area contributed by atoms with Crippen molar-refractivity contribution in [2.24, 2.45) is 5.92 Å². The summed E-state index contributed by atoms with van der Waals surface area (Å²) in [4.78, 5) is 23.7. The molecule has 1 unspecified atom stereocenters. The highest BCUT2D eigenvalue weighted by atomic mass is 32.1. The van der Waals surface area contributed by atoms with Gasteiger partial charge >= 0.3 is 5.97 Å². The smallest absolute Gasteiger partial charge is 0.326 e. The van der Waals surface area contributed by atoms with E-state index in [1.54, 1.807) is 11.3 Å². The fourth-order valence-corrected chi connectivity index (χ4v) is 4.20. The highest BCUT2D eigenvalue weighted by Gasteiger charge is 2.31. The molecule has 1 saturated carbocycles. The molecule has 0 aliphatic heterocycles. The number of amides is 1. The highest BCUT2D eigenvalue weighted by molar-refractivity contribution is 7.17. The molecule has 3 rings (SSSR count). The molecule has 5 heteroatoms. The van der Waals surface area contributed by atoms with Gasteiger partial charge in [0.2, 0.25) is 5.91 Å². The predicted molar refractivity (Wildman–Crippen MR) is 87.1 cm³/mol. The van der Waals surface area contributed by atoms with Crippen molar-refractivity contribution in [3.8, 4) is 0 Å². The van der Waals surface area contributed by atoms with Crippen LogP contribution >= 0.6 is 11.3 Å². The summed E-state index contributed by atoms with van der Waals surface area (Å²) in [6.07, 6.45) is 4.12. The summed E-state index contributed by atoms with van der Waals surface area (Å²) in [6.45, 7) is 0. The molecule has 1 aliphatic rings. The molecule has 0 spiro atoms. The van der Waals surface area contributed by atoms with Crippen LogP contribution in [0.3, 0.4) is 0 Å². The number of fused-ring (bicyclic) bond motifs is 1. The molecule has 1 heterocycles. The third-order valence-electron chi connectivity index (χ3n) is 4.37. The zero-order valence-corrected chi connectivity index (χ0v) is 13.1. The van der Waals surface area contributed by atoms with E-state index in [-0.39, 0.29) is 18.2 Å². The Morgan fingerprint density at radius 2 is 2.00 bits per heavy atom. The Balaban J connectivity index is 1.69. The van der Waals surface area contributed by atoms with Gasteiger partial charge in [-0.05, 0) is 41.2 Å². The summed E-state index contributed by atoms with van der Waals surface area (Å²) >= 11 is 1.61. The number of rotatable bonds is 5. The van der Waals surface area contributed by atoms with E-state index in [4.69, 9.17) is 0 Å². The normalized spacial score (nSPS) is 16.7. The highest BCUT2D eigenvalue weighted by Crippen LogP contribution is 2.29. The number of hydrogen-bond acceptors (Lipinski definition) is 3. The van der Waals surface area contributed by atoms with Crippen LogP contribution in [0.4, 0.5) is 0 Å². The first-order valence-electron chi connectivity index (χ1n) is 7.62. The maximum Gasteiger partial charge on any atom is 0.326 e. The van der Waals surface area contributed by atoms with Crippen LogP contribution in [-0.2, 0) is 16.0 Å². The second-order valence-electron chi connectivity index (χ2n) is 5.86. The number of hydrogen-bond donors (Lipinski definition) is 2. The van der Waals surface area contributed by atoms with E-state index in [1.807, 2.05) is 29.6 Å². The maximum absolute atomic E-state index is 12.3. The van der Waals surface area contributed by atoms with Gasteiger partial charge in [0.1, 0.15) is 6.04 Å². The number of aliphatic carboxylic acids is 1. The van der Waals surface area contributed by atoms with Crippen LogP contribution in [0.5, 0.6) is 0 Å². The van der Waals surface area contributed by atoms with Gasteiger partial charge in [0.15, 0.2) is 0 Å². The fourth-order valence-electron chi connectivity index (χ4n) is 3.24. The van der Waals surface area contributed by atoms with Gasteiger partial charge in [0.25, 0.3) is 0 Å². The average Bonchev–Trinajstić information content (AvgIpc) is 3.15. The zero-order chi connectivity index (χ0) is 15.5. The molecule has 4 nitrogen and oxygen atoms in total. The van der Waals surface area contributed by atoms with Crippen LogP contribution in [0.25, 0.3) is 10.1 Å². The SMILES string of the molecule is O=C(Cc1csc2ccccc12)NC(C(=O)O)C1CCCC1. The second-order valence-corrected chi connectivity index (χ2v) is 6.77. The number of carboxylic acid groups (broad SMARTS) is 1. The lowest BCUT2D eigenvalue weighted by atomic mass is 9.98. The minimum absolute atomic E-state index is 0.0701. The summed E-state index contributed by atoms with van der Waals surface area (Å²) in [7, 11) is 0. The van der Waals surface area contributed by atoms with Crippen LogP contribution in [0.2, 0.25) is 0 Å².